The molecule has 1 aliphatic rings. The summed E-state index contributed by atoms with van der Waals surface area (Å²) in [5.74, 6) is -0.488. The van der Waals surface area contributed by atoms with Crippen LogP contribution in [0.1, 0.15) is 23.6 Å². The molecule has 0 saturated heterocycles. The zero-order chi connectivity index (χ0) is 14.9. The van der Waals surface area contributed by atoms with E-state index in [1.54, 1.807) is 6.92 Å². The van der Waals surface area contributed by atoms with Gasteiger partial charge in [-0.15, -0.1) is 0 Å². The van der Waals surface area contributed by atoms with Crippen LogP contribution < -0.4 is 0 Å². The predicted octanol–water partition coefficient (Wildman–Crippen LogP) is 3.89. The van der Waals surface area contributed by atoms with Crippen LogP contribution in [0.5, 0.6) is 0 Å². The van der Waals surface area contributed by atoms with Gasteiger partial charge in [-0.2, -0.15) is 18.4 Å². The van der Waals surface area contributed by atoms with Crippen molar-refractivity contribution in [2.45, 2.75) is 13.1 Å². The van der Waals surface area contributed by atoms with E-state index in [0.29, 0.717) is 5.56 Å². The Kier molecular flexibility index (Phi) is 3.45. The zero-order valence-corrected chi connectivity index (χ0v) is 10.5. The number of nitriles is 1. The number of fused-ring (bicyclic) bond motifs is 1. The molecule has 2 rings (SSSR count). The van der Waals surface area contributed by atoms with Gasteiger partial charge in [-0.05, 0) is 30.7 Å². The second-order valence-electron chi connectivity index (χ2n) is 4.08. The summed E-state index contributed by atoms with van der Waals surface area (Å²) in [5, 5.41) is 18.7. The van der Waals surface area contributed by atoms with E-state index in [2.05, 4.69) is 0 Å². The number of benzene rings is 1. The average Bonchev–Trinajstić information content (AvgIpc) is 2.75. The molecule has 6 heteroatoms. The van der Waals surface area contributed by atoms with E-state index in [9.17, 15) is 18.3 Å². The minimum absolute atomic E-state index is 0.0875. The van der Waals surface area contributed by atoms with Crippen molar-refractivity contribution in [3.8, 4) is 6.07 Å². The SMILES string of the molecule is CCOC(O)=C1C=C(C#N)c2ccc(C(F)(F)F)cc21. The first-order valence-corrected chi connectivity index (χ1v) is 5.78. The van der Waals surface area contributed by atoms with Crippen molar-refractivity contribution in [2.24, 2.45) is 0 Å². The first-order valence-electron chi connectivity index (χ1n) is 5.78. The third kappa shape index (κ3) is 2.35. The quantitative estimate of drug-likeness (QED) is 0.837. The lowest BCUT2D eigenvalue weighted by atomic mass is 10.0. The third-order valence-corrected chi connectivity index (χ3v) is 2.85. The summed E-state index contributed by atoms with van der Waals surface area (Å²) in [6.45, 7) is 1.80. The lowest BCUT2D eigenvalue weighted by molar-refractivity contribution is -0.137. The van der Waals surface area contributed by atoms with Gasteiger partial charge in [0.15, 0.2) is 0 Å². The van der Waals surface area contributed by atoms with Crippen LogP contribution in [0, 0.1) is 11.3 Å². The molecule has 0 heterocycles. The number of alkyl halides is 3. The lowest BCUT2D eigenvalue weighted by Gasteiger charge is -2.10. The summed E-state index contributed by atoms with van der Waals surface area (Å²) in [6, 6.07) is 4.92. The van der Waals surface area contributed by atoms with E-state index in [1.165, 1.54) is 12.1 Å². The molecule has 0 unspecified atom stereocenters. The van der Waals surface area contributed by atoms with Crippen LogP contribution >= 0.6 is 0 Å². The van der Waals surface area contributed by atoms with E-state index >= 15 is 0 Å². The van der Waals surface area contributed by atoms with Crippen molar-refractivity contribution in [3.05, 3.63) is 46.9 Å². The second-order valence-corrected chi connectivity index (χ2v) is 4.08. The molecule has 1 aromatic carbocycles. The number of ether oxygens (including phenoxy) is 1. The highest BCUT2D eigenvalue weighted by atomic mass is 19.4. The average molecular weight is 281 g/mol. The topological polar surface area (TPSA) is 53.2 Å². The molecule has 1 aromatic rings. The van der Waals surface area contributed by atoms with Gasteiger partial charge in [0, 0.05) is 5.56 Å². The fraction of sp³-hybridized carbons (Fsp3) is 0.214. The molecule has 0 aromatic heterocycles. The number of allylic oxidation sites excluding steroid dienone is 3. The van der Waals surface area contributed by atoms with Crippen LogP contribution in [-0.2, 0) is 10.9 Å². The Morgan fingerprint density at radius 1 is 1.35 bits per heavy atom. The van der Waals surface area contributed by atoms with Gasteiger partial charge < -0.3 is 9.84 Å². The molecule has 20 heavy (non-hydrogen) atoms. The molecule has 0 amide bonds. The molecule has 0 aliphatic heterocycles. The number of nitrogens with zero attached hydrogens (tertiary/aromatic N) is 1. The van der Waals surface area contributed by atoms with Gasteiger partial charge in [0.05, 0.1) is 29.4 Å². The number of hydrogen-bond acceptors (Lipinski definition) is 3. The summed E-state index contributed by atoms with van der Waals surface area (Å²) in [4.78, 5) is 0. The van der Waals surface area contributed by atoms with Gasteiger partial charge in [0.1, 0.15) is 0 Å². The minimum Gasteiger partial charge on any atom is -0.481 e. The summed E-state index contributed by atoms with van der Waals surface area (Å²) in [7, 11) is 0. The Hall–Kier alpha value is -2.42. The molecule has 3 nitrogen and oxygen atoms in total. The fourth-order valence-corrected chi connectivity index (χ4v) is 1.96. The first kappa shape index (κ1) is 14.0. The van der Waals surface area contributed by atoms with E-state index < -0.39 is 17.7 Å². The molecule has 1 N–H and O–H groups in total. The lowest BCUT2D eigenvalue weighted by Crippen LogP contribution is -2.06. The van der Waals surface area contributed by atoms with Crippen LogP contribution in [-0.4, -0.2) is 11.7 Å². The fourth-order valence-electron chi connectivity index (χ4n) is 1.96. The highest BCUT2D eigenvalue weighted by Crippen LogP contribution is 2.40. The minimum atomic E-state index is -4.49. The maximum Gasteiger partial charge on any atom is 0.416 e. The van der Waals surface area contributed by atoms with E-state index in [1.807, 2.05) is 6.07 Å². The predicted molar refractivity (Wildman–Crippen MR) is 66.2 cm³/mol. The smallest absolute Gasteiger partial charge is 0.416 e. The molecular formula is C14H10F3NO2. The van der Waals surface area contributed by atoms with Gasteiger partial charge in [-0.3, -0.25) is 0 Å². The Morgan fingerprint density at radius 2 is 2.05 bits per heavy atom. The molecule has 0 saturated carbocycles. The van der Waals surface area contributed by atoms with Gasteiger partial charge in [-0.25, -0.2) is 0 Å². The molecule has 0 spiro atoms. The largest absolute Gasteiger partial charge is 0.481 e. The van der Waals surface area contributed by atoms with Crippen molar-refractivity contribution in [3.63, 3.8) is 0 Å². The van der Waals surface area contributed by atoms with Gasteiger partial charge >= 0.3 is 6.18 Å². The highest BCUT2D eigenvalue weighted by Gasteiger charge is 2.33. The van der Waals surface area contributed by atoms with Crippen LogP contribution in [0.2, 0.25) is 0 Å². The summed E-state index contributed by atoms with van der Waals surface area (Å²) < 4.78 is 43.1. The summed E-state index contributed by atoms with van der Waals surface area (Å²) >= 11 is 0. The van der Waals surface area contributed by atoms with Gasteiger partial charge in [-0.1, -0.05) is 6.07 Å². The number of halogens is 3. The molecule has 0 bridgehead atoms. The monoisotopic (exact) mass is 281 g/mol. The van der Waals surface area contributed by atoms with Gasteiger partial charge in [0.2, 0.25) is 0 Å². The Labute approximate surface area is 113 Å². The zero-order valence-electron chi connectivity index (χ0n) is 10.5. The van der Waals surface area contributed by atoms with Gasteiger partial charge in [0.25, 0.3) is 5.95 Å². The highest BCUT2D eigenvalue weighted by molar-refractivity contribution is 6.00. The van der Waals surface area contributed by atoms with Crippen molar-refractivity contribution in [1.29, 1.82) is 5.26 Å². The molecule has 0 radical (unpaired) electrons. The van der Waals surface area contributed by atoms with Crippen LogP contribution in [0.3, 0.4) is 0 Å². The maximum absolute atomic E-state index is 12.7. The van der Waals surface area contributed by atoms with E-state index in [4.69, 9.17) is 10.00 Å². The van der Waals surface area contributed by atoms with Crippen molar-refractivity contribution >= 4 is 11.1 Å². The Morgan fingerprint density at radius 3 is 2.60 bits per heavy atom. The molecule has 0 atom stereocenters. The van der Waals surface area contributed by atoms with Crippen molar-refractivity contribution < 1.29 is 23.0 Å². The number of rotatable bonds is 2. The molecule has 104 valence electrons. The standard InChI is InChI=1S/C14H10F3NO2/c1-2-20-13(19)12-5-8(7-18)10-4-3-9(6-11(10)12)14(15,16)17/h3-6,19H,2H2,1H3. The van der Waals surface area contributed by atoms with Crippen LogP contribution in [0.25, 0.3) is 11.1 Å². The summed E-state index contributed by atoms with van der Waals surface area (Å²) in [6.07, 6.45) is -3.17. The summed E-state index contributed by atoms with van der Waals surface area (Å²) in [5.41, 5.74) is -0.0748. The molecular weight excluding hydrogens is 271 g/mol. The molecule has 1 aliphatic carbocycles. The second kappa shape index (κ2) is 4.93. The van der Waals surface area contributed by atoms with Crippen molar-refractivity contribution in [2.75, 3.05) is 6.61 Å². The number of aliphatic hydroxyl groups is 1. The number of hydrogen-bond donors (Lipinski definition) is 1. The van der Waals surface area contributed by atoms with Crippen LogP contribution in [0.4, 0.5) is 13.2 Å². The van der Waals surface area contributed by atoms with E-state index in [0.717, 1.165) is 12.1 Å². The first-order chi connectivity index (χ1) is 9.38. The third-order valence-electron chi connectivity index (χ3n) is 2.85. The normalized spacial score (nSPS) is 16.2. The Bertz CT molecular complexity index is 651. The molecule has 0 fully saturated rings. The van der Waals surface area contributed by atoms with E-state index in [-0.39, 0.29) is 23.3 Å². The van der Waals surface area contributed by atoms with Crippen molar-refractivity contribution in [1.82, 2.24) is 0 Å². The Balaban J connectivity index is 2.62. The van der Waals surface area contributed by atoms with Crippen LogP contribution in [0.15, 0.2) is 30.2 Å². The number of aliphatic hydroxyl groups excluding tert-OH is 1. The maximum atomic E-state index is 12.7.